The molecule has 1 atom stereocenters. The van der Waals surface area contributed by atoms with Gasteiger partial charge in [-0.05, 0) is 25.1 Å². The summed E-state index contributed by atoms with van der Waals surface area (Å²) < 4.78 is 5.21. The van der Waals surface area contributed by atoms with Crippen LogP contribution in [0.25, 0.3) is 0 Å². The summed E-state index contributed by atoms with van der Waals surface area (Å²) >= 11 is 7.04. The van der Waals surface area contributed by atoms with Gasteiger partial charge in [0.1, 0.15) is 0 Å². The molecule has 3 N–H and O–H groups in total. The molecule has 0 saturated carbocycles. The summed E-state index contributed by atoms with van der Waals surface area (Å²) in [6.45, 7) is 3.43. The van der Waals surface area contributed by atoms with Crippen molar-refractivity contribution in [1.29, 1.82) is 0 Å². The zero-order valence-electron chi connectivity index (χ0n) is 10.9. The summed E-state index contributed by atoms with van der Waals surface area (Å²) in [5.41, 5.74) is 6.71. The van der Waals surface area contributed by atoms with E-state index in [4.69, 9.17) is 21.8 Å². The van der Waals surface area contributed by atoms with E-state index in [1.165, 1.54) is 11.8 Å². The fourth-order valence-corrected chi connectivity index (χ4v) is 2.30. The fourth-order valence-electron chi connectivity index (χ4n) is 1.40. The fraction of sp³-hybridized carbons (Fsp3) is 0.250. The average Bonchev–Trinajstić information content (AvgIpc) is 2.79. The lowest BCUT2D eigenvalue weighted by Crippen LogP contribution is -2.23. The van der Waals surface area contributed by atoms with Gasteiger partial charge in [-0.3, -0.25) is 4.79 Å². The van der Waals surface area contributed by atoms with Crippen LogP contribution in [0.4, 0.5) is 11.4 Å². The van der Waals surface area contributed by atoms with Gasteiger partial charge in [0.2, 0.25) is 11.8 Å². The van der Waals surface area contributed by atoms with Crippen LogP contribution in [0.1, 0.15) is 12.8 Å². The molecule has 1 heterocycles. The number of thioether (sulfide) groups is 1. The van der Waals surface area contributed by atoms with E-state index in [-0.39, 0.29) is 5.91 Å². The van der Waals surface area contributed by atoms with E-state index in [0.717, 1.165) is 0 Å². The van der Waals surface area contributed by atoms with E-state index >= 15 is 0 Å². The number of halogens is 1. The molecule has 2 aromatic rings. The number of nitrogen functional groups attached to an aromatic ring is 1. The number of amides is 1. The normalized spacial score (nSPS) is 12.2. The molecule has 1 unspecified atom stereocenters. The summed E-state index contributed by atoms with van der Waals surface area (Å²) in [6, 6.07) is 4.89. The number of nitrogens with two attached hydrogens (primary N) is 1. The van der Waals surface area contributed by atoms with Crippen molar-refractivity contribution in [3.63, 3.8) is 0 Å². The highest BCUT2D eigenvalue weighted by molar-refractivity contribution is 8.00. The molecular weight excluding hydrogens is 300 g/mol. The smallest absolute Gasteiger partial charge is 0.277 e. The van der Waals surface area contributed by atoms with Gasteiger partial charge in [-0.2, -0.15) is 0 Å². The van der Waals surface area contributed by atoms with Crippen molar-refractivity contribution in [3.05, 3.63) is 29.1 Å². The molecule has 1 aromatic heterocycles. The number of nitrogens with zero attached hydrogens (tertiary/aromatic N) is 2. The maximum absolute atomic E-state index is 12.1. The highest BCUT2D eigenvalue weighted by Gasteiger charge is 2.18. The number of nitrogens with one attached hydrogen (secondary N) is 1. The van der Waals surface area contributed by atoms with Gasteiger partial charge in [-0.25, -0.2) is 0 Å². The number of aromatic nitrogens is 2. The lowest BCUT2D eigenvalue weighted by atomic mass is 10.2. The molecule has 20 heavy (non-hydrogen) atoms. The third-order valence-electron chi connectivity index (χ3n) is 2.43. The Balaban J connectivity index is 2.02. The Hall–Kier alpha value is -1.73. The highest BCUT2D eigenvalue weighted by atomic mass is 35.5. The summed E-state index contributed by atoms with van der Waals surface area (Å²) in [5, 5.41) is 10.7. The second-order valence-corrected chi connectivity index (χ2v) is 5.80. The van der Waals surface area contributed by atoms with E-state index in [9.17, 15) is 4.79 Å². The molecule has 0 aliphatic rings. The zero-order valence-corrected chi connectivity index (χ0v) is 12.5. The van der Waals surface area contributed by atoms with E-state index < -0.39 is 5.25 Å². The summed E-state index contributed by atoms with van der Waals surface area (Å²) in [4.78, 5) is 12.1. The largest absolute Gasteiger partial charge is 0.416 e. The van der Waals surface area contributed by atoms with Gasteiger partial charge in [0.05, 0.1) is 16.6 Å². The minimum atomic E-state index is -0.409. The van der Waals surface area contributed by atoms with E-state index in [2.05, 4.69) is 15.5 Å². The van der Waals surface area contributed by atoms with Gasteiger partial charge in [0.25, 0.3) is 5.22 Å². The first-order valence-electron chi connectivity index (χ1n) is 5.78. The van der Waals surface area contributed by atoms with Gasteiger partial charge in [0.15, 0.2) is 0 Å². The number of hydrogen-bond acceptors (Lipinski definition) is 6. The number of carbonyl (C=O) groups excluding carboxylic acids is 1. The van der Waals surface area contributed by atoms with Crippen LogP contribution in [0, 0.1) is 6.92 Å². The molecule has 0 aliphatic heterocycles. The molecule has 0 saturated heterocycles. The first kappa shape index (κ1) is 14.7. The van der Waals surface area contributed by atoms with Crippen LogP contribution in [0.2, 0.25) is 5.02 Å². The topological polar surface area (TPSA) is 94.0 Å². The maximum Gasteiger partial charge on any atom is 0.277 e. The van der Waals surface area contributed by atoms with E-state index in [1.54, 1.807) is 32.0 Å². The van der Waals surface area contributed by atoms with E-state index in [0.29, 0.717) is 27.5 Å². The molecule has 106 valence electrons. The lowest BCUT2D eigenvalue weighted by Gasteiger charge is -2.11. The molecule has 1 amide bonds. The SMILES string of the molecule is Cc1nnc(SC(C)C(=O)Nc2cc(Cl)ccc2N)o1. The highest BCUT2D eigenvalue weighted by Crippen LogP contribution is 2.26. The minimum absolute atomic E-state index is 0.222. The molecule has 6 nitrogen and oxygen atoms in total. The van der Waals surface area contributed by atoms with Crippen LogP contribution >= 0.6 is 23.4 Å². The summed E-state index contributed by atoms with van der Waals surface area (Å²) in [5.74, 6) is 0.235. The van der Waals surface area contributed by atoms with Crippen LogP contribution in [-0.2, 0) is 4.79 Å². The number of benzene rings is 1. The molecular formula is C12H13ClN4O2S. The Bertz CT molecular complexity index is 632. The molecule has 2 rings (SSSR count). The van der Waals surface area contributed by atoms with Gasteiger partial charge < -0.3 is 15.5 Å². The minimum Gasteiger partial charge on any atom is -0.416 e. The van der Waals surface area contributed by atoms with Crippen molar-refractivity contribution < 1.29 is 9.21 Å². The van der Waals surface area contributed by atoms with Crippen molar-refractivity contribution in [3.8, 4) is 0 Å². The molecule has 0 aliphatic carbocycles. The Labute approximate surface area is 125 Å². The predicted octanol–water partition coefficient (Wildman–Crippen LogP) is 2.73. The number of anilines is 2. The van der Waals surface area contributed by atoms with Gasteiger partial charge >= 0.3 is 0 Å². The first-order chi connectivity index (χ1) is 9.45. The molecule has 0 bridgehead atoms. The molecule has 0 fully saturated rings. The van der Waals surface area contributed by atoms with Crippen molar-refractivity contribution in [2.75, 3.05) is 11.1 Å². The van der Waals surface area contributed by atoms with Crippen LogP contribution in [0.5, 0.6) is 0 Å². The Morgan fingerprint density at radius 3 is 2.90 bits per heavy atom. The molecule has 0 spiro atoms. The average molecular weight is 313 g/mol. The Morgan fingerprint density at radius 2 is 2.25 bits per heavy atom. The second kappa shape index (κ2) is 6.15. The van der Waals surface area contributed by atoms with Crippen molar-refractivity contribution in [2.45, 2.75) is 24.3 Å². The van der Waals surface area contributed by atoms with Crippen molar-refractivity contribution in [2.24, 2.45) is 0 Å². The van der Waals surface area contributed by atoms with Gasteiger partial charge in [0, 0.05) is 11.9 Å². The van der Waals surface area contributed by atoms with Gasteiger partial charge in [-0.1, -0.05) is 23.4 Å². The molecule has 8 heteroatoms. The number of aryl methyl sites for hydroxylation is 1. The standard InChI is InChI=1S/C12H13ClN4O2S/c1-6(20-12-17-16-7(2)19-12)11(18)15-10-5-8(13)3-4-9(10)14/h3-6H,14H2,1-2H3,(H,15,18). The number of hydrogen-bond donors (Lipinski definition) is 2. The third-order valence-corrected chi connectivity index (χ3v) is 3.60. The Morgan fingerprint density at radius 1 is 1.50 bits per heavy atom. The second-order valence-electron chi connectivity index (χ2n) is 4.07. The number of rotatable bonds is 4. The van der Waals surface area contributed by atoms with Crippen LogP contribution in [0.15, 0.2) is 27.8 Å². The Kier molecular flexibility index (Phi) is 4.51. The third kappa shape index (κ3) is 3.64. The summed E-state index contributed by atoms with van der Waals surface area (Å²) in [7, 11) is 0. The quantitative estimate of drug-likeness (QED) is 0.666. The lowest BCUT2D eigenvalue weighted by molar-refractivity contribution is -0.115. The van der Waals surface area contributed by atoms with Crippen molar-refractivity contribution in [1.82, 2.24) is 10.2 Å². The monoisotopic (exact) mass is 312 g/mol. The van der Waals surface area contributed by atoms with Crippen LogP contribution < -0.4 is 11.1 Å². The van der Waals surface area contributed by atoms with Crippen LogP contribution in [-0.4, -0.2) is 21.4 Å². The van der Waals surface area contributed by atoms with Gasteiger partial charge in [-0.15, -0.1) is 10.2 Å². The zero-order chi connectivity index (χ0) is 14.7. The maximum atomic E-state index is 12.1. The van der Waals surface area contributed by atoms with Crippen molar-refractivity contribution >= 4 is 40.6 Å². The number of carbonyl (C=O) groups is 1. The van der Waals surface area contributed by atoms with E-state index in [1.807, 2.05) is 0 Å². The van der Waals surface area contributed by atoms with Crippen LogP contribution in [0.3, 0.4) is 0 Å². The predicted molar refractivity (Wildman–Crippen MR) is 78.8 cm³/mol. The summed E-state index contributed by atoms with van der Waals surface area (Å²) in [6.07, 6.45) is 0. The molecule has 0 radical (unpaired) electrons. The first-order valence-corrected chi connectivity index (χ1v) is 7.04. The molecule has 1 aromatic carbocycles.